The minimum absolute atomic E-state index is 0.102. The lowest BCUT2D eigenvalue weighted by atomic mass is 9.99. The summed E-state index contributed by atoms with van der Waals surface area (Å²) in [6, 6.07) is 5.05. The Balaban J connectivity index is 2.18. The Morgan fingerprint density at radius 2 is 2.11 bits per heavy atom. The standard InChI is InChI=1S/C14H20N2O3/c1-10(11-5-3-4-6-11)15-13-9-12(19-2)7-8-14(13)16(17)18/h7-11,15H,3-6H2,1-2H3. The first-order chi connectivity index (χ1) is 9.11. The largest absolute Gasteiger partial charge is 0.497 e. The van der Waals surface area contributed by atoms with Crippen LogP contribution in [0, 0.1) is 16.0 Å². The molecule has 19 heavy (non-hydrogen) atoms. The predicted octanol–water partition coefficient (Wildman–Crippen LogP) is 3.59. The van der Waals surface area contributed by atoms with Gasteiger partial charge < -0.3 is 10.1 Å². The van der Waals surface area contributed by atoms with Gasteiger partial charge in [-0.2, -0.15) is 0 Å². The smallest absolute Gasteiger partial charge is 0.292 e. The van der Waals surface area contributed by atoms with Crippen molar-refractivity contribution in [3.63, 3.8) is 0 Å². The first-order valence-corrected chi connectivity index (χ1v) is 6.71. The van der Waals surface area contributed by atoms with E-state index in [4.69, 9.17) is 4.74 Å². The van der Waals surface area contributed by atoms with Gasteiger partial charge in [0.1, 0.15) is 11.4 Å². The molecule has 0 heterocycles. The molecule has 5 nitrogen and oxygen atoms in total. The van der Waals surface area contributed by atoms with Crippen LogP contribution in [0.5, 0.6) is 5.75 Å². The summed E-state index contributed by atoms with van der Waals surface area (Å²) >= 11 is 0. The Morgan fingerprint density at radius 1 is 1.42 bits per heavy atom. The summed E-state index contributed by atoms with van der Waals surface area (Å²) in [7, 11) is 1.56. The molecule has 1 atom stereocenters. The number of anilines is 1. The Labute approximate surface area is 113 Å². The number of methoxy groups -OCH3 is 1. The molecule has 0 aromatic heterocycles. The molecule has 1 aliphatic rings. The number of nitrogens with zero attached hydrogens (tertiary/aromatic N) is 1. The van der Waals surface area contributed by atoms with E-state index in [1.165, 1.54) is 31.7 Å². The van der Waals surface area contributed by atoms with Gasteiger partial charge in [-0.1, -0.05) is 12.8 Å². The maximum absolute atomic E-state index is 11.0. The van der Waals surface area contributed by atoms with Gasteiger partial charge in [-0.15, -0.1) is 0 Å². The van der Waals surface area contributed by atoms with Gasteiger partial charge in [0.15, 0.2) is 0 Å². The van der Waals surface area contributed by atoms with E-state index in [0.29, 0.717) is 17.4 Å². The number of benzene rings is 1. The van der Waals surface area contributed by atoms with Gasteiger partial charge in [0.2, 0.25) is 0 Å². The second-order valence-corrected chi connectivity index (χ2v) is 5.12. The van der Waals surface area contributed by atoms with Crippen LogP contribution in [0.4, 0.5) is 11.4 Å². The summed E-state index contributed by atoms with van der Waals surface area (Å²) in [6.45, 7) is 2.10. The highest BCUT2D eigenvalue weighted by Gasteiger charge is 2.24. The maximum Gasteiger partial charge on any atom is 0.292 e. The summed E-state index contributed by atoms with van der Waals surface area (Å²) in [5.74, 6) is 1.23. The molecule has 0 radical (unpaired) electrons. The Hall–Kier alpha value is -1.78. The van der Waals surface area contributed by atoms with Gasteiger partial charge in [0, 0.05) is 18.2 Å². The van der Waals surface area contributed by atoms with E-state index in [0.717, 1.165) is 0 Å². The third-order valence-corrected chi connectivity index (χ3v) is 3.89. The zero-order chi connectivity index (χ0) is 13.8. The number of hydrogen-bond acceptors (Lipinski definition) is 4. The monoisotopic (exact) mass is 264 g/mol. The van der Waals surface area contributed by atoms with Gasteiger partial charge in [-0.05, 0) is 31.7 Å². The third kappa shape index (κ3) is 3.16. The third-order valence-electron chi connectivity index (χ3n) is 3.89. The summed E-state index contributed by atoms with van der Waals surface area (Å²) < 4.78 is 5.13. The van der Waals surface area contributed by atoms with Gasteiger partial charge in [-0.3, -0.25) is 10.1 Å². The van der Waals surface area contributed by atoms with E-state index in [2.05, 4.69) is 12.2 Å². The Bertz CT molecular complexity index is 456. The Kier molecular flexibility index (Phi) is 4.24. The quantitative estimate of drug-likeness (QED) is 0.652. The first kappa shape index (κ1) is 13.6. The summed E-state index contributed by atoms with van der Waals surface area (Å²) in [4.78, 5) is 10.7. The van der Waals surface area contributed by atoms with Gasteiger partial charge in [-0.25, -0.2) is 0 Å². The molecule has 0 bridgehead atoms. The highest BCUT2D eigenvalue weighted by atomic mass is 16.6. The van der Waals surface area contributed by atoms with Gasteiger partial charge in [0.25, 0.3) is 5.69 Å². The second kappa shape index (κ2) is 5.91. The number of nitro groups is 1. The van der Waals surface area contributed by atoms with Crippen LogP contribution in [0.25, 0.3) is 0 Å². The van der Waals surface area contributed by atoms with Crippen LogP contribution in [0.15, 0.2) is 18.2 Å². The van der Waals surface area contributed by atoms with Crippen molar-refractivity contribution in [3.05, 3.63) is 28.3 Å². The number of ether oxygens (including phenoxy) is 1. The van der Waals surface area contributed by atoms with E-state index in [-0.39, 0.29) is 16.7 Å². The minimum atomic E-state index is -0.358. The summed E-state index contributed by atoms with van der Waals surface area (Å²) in [5, 5.41) is 14.3. The summed E-state index contributed by atoms with van der Waals surface area (Å²) in [5.41, 5.74) is 0.648. The SMILES string of the molecule is COc1ccc([N+](=O)[O-])c(NC(C)C2CCCC2)c1. The minimum Gasteiger partial charge on any atom is -0.497 e. The van der Waals surface area contributed by atoms with Crippen molar-refractivity contribution in [1.29, 1.82) is 0 Å². The van der Waals surface area contributed by atoms with Crippen LogP contribution in [0.2, 0.25) is 0 Å². The normalized spacial score (nSPS) is 17.2. The van der Waals surface area contributed by atoms with Crippen LogP contribution >= 0.6 is 0 Å². The molecular weight excluding hydrogens is 244 g/mol. The fourth-order valence-corrected chi connectivity index (χ4v) is 2.74. The second-order valence-electron chi connectivity index (χ2n) is 5.12. The van der Waals surface area contributed by atoms with Crippen molar-refractivity contribution < 1.29 is 9.66 Å². The molecule has 2 rings (SSSR count). The number of hydrogen-bond donors (Lipinski definition) is 1. The van der Waals surface area contributed by atoms with Gasteiger partial charge >= 0.3 is 0 Å². The lowest BCUT2D eigenvalue weighted by Crippen LogP contribution is -2.24. The molecule has 0 spiro atoms. The molecule has 1 N–H and O–H groups in total. The van der Waals surface area contributed by atoms with Crippen LogP contribution in [0.3, 0.4) is 0 Å². The van der Waals surface area contributed by atoms with Crippen molar-refractivity contribution in [2.75, 3.05) is 12.4 Å². The molecule has 0 amide bonds. The molecule has 0 aliphatic heterocycles. The van der Waals surface area contributed by atoms with Crippen LogP contribution in [0.1, 0.15) is 32.6 Å². The molecule has 0 saturated heterocycles. The van der Waals surface area contributed by atoms with Crippen LogP contribution in [-0.4, -0.2) is 18.1 Å². The lowest BCUT2D eigenvalue weighted by molar-refractivity contribution is -0.384. The van der Waals surface area contributed by atoms with Crippen molar-refractivity contribution in [2.45, 2.75) is 38.6 Å². The molecule has 1 unspecified atom stereocenters. The molecule has 1 fully saturated rings. The predicted molar refractivity (Wildman–Crippen MR) is 74.7 cm³/mol. The highest BCUT2D eigenvalue weighted by Crippen LogP contribution is 2.33. The molecular formula is C14H20N2O3. The topological polar surface area (TPSA) is 64.4 Å². The fourth-order valence-electron chi connectivity index (χ4n) is 2.74. The van der Waals surface area contributed by atoms with E-state index < -0.39 is 0 Å². The number of nitrogens with one attached hydrogen (secondary N) is 1. The molecule has 5 heteroatoms. The fraction of sp³-hybridized carbons (Fsp3) is 0.571. The molecule has 1 aromatic rings. The molecule has 104 valence electrons. The molecule has 1 saturated carbocycles. The summed E-state index contributed by atoms with van der Waals surface area (Å²) in [6.07, 6.45) is 4.92. The number of rotatable bonds is 5. The first-order valence-electron chi connectivity index (χ1n) is 6.71. The van der Waals surface area contributed by atoms with E-state index in [9.17, 15) is 10.1 Å². The Morgan fingerprint density at radius 3 is 2.68 bits per heavy atom. The highest BCUT2D eigenvalue weighted by molar-refractivity contribution is 5.64. The lowest BCUT2D eigenvalue weighted by Gasteiger charge is -2.21. The average Bonchev–Trinajstić information content (AvgIpc) is 2.92. The van der Waals surface area contributed by atoms with Crippen molar-refractivity contribution in [2.24, 2.45) is 5.92 Å². The van der Waals surface area contributed by atoms with E-state index in [1.54, 1.807) is 19.2 Å². The van der Waals surface area contributed by atoms with E-state index >= 15 is 0 Å². The van der Waals surface area contributed by atoms with E-state index in [1.807, 2.05) is 0 Å². The zero-order valence-corrected chi connectivity index (χ0v) is 11.4. The van der Waals surface area contributed by atoms with Crippen molar-refractivity contribution in [1.82, 2.24) is 0 Å². The maximum atomic E-state index is 11.0. The van der Waals surface area contributed by atoms with Crippen molar-refractivity contribution >= 4 is 11.4 Å². The van der Waals surface area contributed by atoms with Crippen LogP contribution < -0.4 is 10.1 Å². The van der Waals surface area contributed by atoms with Gasteiger partial charge in [0.05, 0.1) is 12.0 Å². The average molecular weight is 264 g/mol. The van der Waals surface area contributed by atoms with Crippen molar-refractivity contribution in [3.8, 4) is 5.75 Å². The van der Waals surface area contributed by atoms with Crippen LogP contribution in [-0.2, 0) is 0 Å². The molecule has 1 aliphatic carbocycles. The molecule has 1 aromatic carbocycles. The zero-order valence-electron chi connectivity index (χ0n) is 11.4. The number of nitro benzene ring substituents is 1.